The van der Waals surface area contributed by atoms with Crippen molar-refractivity contribution in [3.63, 3.8) is 0 Å². The fourth-order valence-electron chi connectivity index (χ4n) is 1.49. The lowest BCUT2D eigenvalue weighted by Crippen LogP contribution is -2.12. The Bertz CT molecular complexity index is 554. The fraction of sp³-hybridized carbons (Fsp3) is 0.167. The molecule has 0 fully saturated rings. The topological polar surface area (TPSA) is 50.9 Å². The largest absolute Gasteiger partial charge is 0.388 e. The number of thiocarbonyl (C=S) groups is 1. The summed E-state index contributed by atoms with van der Waals surface area (Å²) in [5, 5.41) is 3.33. The molecular formula is C12H12BrN3S2. The number of hydrogen-bond donors (Lipinski definition) is 2. The minimum absolute atomic E-state index is 0.320. The highest BCUT2D eigenvalue weighted by molar-refractivity contribution is 9.11. The number of pyridine rings is 1. The Hall–Kier alpha value is -0.980. The molecule has 0 unspecified atom stereocenters. The maximum Gasteiger partial charge on any atom is 0.122 e. The highest BCUT2D eigenvalue weighted by atomic mass is 79.9. The molecule has 2 heterocycles. The predicted octanol–water partition coefficient (Wildman–Crippen LogP) is 3.19. The lowest BCUT2D eigenvalue weighted by atomic mass is 10.3. The molecule has 0 saturated carbocycles. The van der Waals surface area contributed by atoms with Gasteiger partial charge in [-0.2, -0.15) is 0 Å². The summed E-state index contributed by atoms with van der Waals surface area (Å²) in [6, 6.07) is 7.97. The molecule has 0 atom stereocenters. The monoisotopic (exact) mass is 341 g/mol. The zero-order valence-electron chi connectivity index (χ0n) is 9.52. The van der Waals surface area contributed by atoms with Crippen molar-refractivity contribution >= 4 is 50.2 Å². The number of anilines is 1. The van der Waals surface area contributed by atoms with E-state index in [0.29, 0.717) is 10.7 Å². The first kappa shape index (κ1) is 13.5. The van der Waals surface area contributed by atoms with Crippen LogP contribution in [-0.4, -0.2) is 16.5 Å². The molecular weight excluding hydrogens is 330 g/mol. The molecule has 0 aromatic carbocycles. The van der Waals surface area contributed by atoms with Gasteiger partial charge in [0.15, 0.2) is 0 Å². The second-order valence-corrected chi connectivity index (χ2v) is 6.66. The van der Waals surface area contributed by atoms with Crippen molar-refractivity contribution < 1.29 is 0 Å². The molecule has 3 nitrogen and oxygen atoms in total. The van der Waals surface area contributed by atoms with Crippen LogP contribution in [-0.2, 0) is 6.42 Å². The van der Waals surface area contributed by atoms with Gasteiger partial charge in [0.1, 0.15) is 4.99 Å². The summed E-state index contributed by atoms with van der Waals surface area (Å²) in [6.45, 7) is 0.869. The van der Waals surface area contributed by atoms with Crippen LogP contribution in [0.15, 0.2) is 34.2 Å². The van der Waals surface area contributed by atoms with E-state index in [0.717, 1.165) is 22.4 Å². The van der Waals surface area contributed by atoms with Crippen LogP contribution >= 0.6 is 39.5 Å². The van der Waals surface area contributed by atoms with E-state index < -0.39 is 0 Å². The average molecular weight is 342 g/mol. The van der Waals surface area contributed by atoms with Crippen molar-refractivity contribution in [3.05, 3.63) is 44.8 Å². The van der Waals surface area contributed by atoms with Gasteiger partial charge in [0.05, 0.1) is 9.48 Å². The lowest BCUT2D eigenvalue weighted by Gasteiger charge is -2.06. The molecule has 18 heavy (non-hydrogen) atoms. The number of aromatic nitrogens is 1. The number of hydrogen-bond acceptors (Lipinski definition) is 4. The second-order valence-electron chi connectivity index (χ2n) is 3.68. The van der Waals surface area contributed by atoms with Crippen LogP contribution in [0.5, 0.6) is 0 Å². The minimum atomic E-state index is 0.320. The Morgan fingerprint density at radius 2 is 2.28 bits per heavy atom. The summed E-state index contributed by atoms with van der Waals surface area (Å²) < 4.78 is 1.16. The summed E-state index contributed by atoms with van der Waals surface area (Å²) >= 11 is 10.1. The van der Waals surface area contributed by atoms with Gasteiger partial charge in [-0.25, -0.2) is 0 Å². The standard InChI is InChI=1S/C12H12BrN3S2/c13-11-2-1-9(18-11)4-6-15-8-3-5-16-10(7-8)12(14)17/h1-3,5,7H,4,6H2,(H2,14,17)(H,15,16). The molecule has 0 radical (unpaired) electrons. The molecule has 3 N–H and O–H groups in total. The predicted molar refractivity (Wildman–Crippen MR) is 84.3 cm³/mol. The molecule has 6 heteroatoms. The Labute approximate surface area is 124 Å². The van der Waals surface area contributed by atoms with Crippen LogP contribution in [0.4, 0.5) is 5.69 Å². The van der Waals surface area contributed by atoms with Crippen LogP contribution in [0.25, 0.3) is 0 Å². The number of nitrogens with zero attached hydrogens (tertiary/aromatic N) is 1. The molecule has 94 valence electrons. The second kappa shape index (κ2) is 6.26. The van der Waals surface area contributed by atoms with E-state index >= 15 is 0 Å². The van der Waals surface area contributed by atoms with E-state index in [1.807, 2.05) is 12.1 Å². The first-order chi connectivity index (χ1) is 8.65. The Balaban J connectivity index is 1.90. The zero-order valence-corrected chi connectivity index (χ0v) is 12.7. The molecule has 0 aliphatic carbocycles. The highest BCUT2D eigenvalue weighted by Crippen LogP contribution is 2.22. The van der Waals surface area contributed by atoms with E-state index in [4.69, 9.17) is 18.0 Å². The molecule has 2 aromatic rings. The molecule has 2 aromatic heterocycles. The normalized spacial score (nSPS) is 10.3. The van der Waals surface area contributed by atoms with Crippen molar-refractivity contribution in [2.45, 2.75) is 6.42 Å². The van der Waals surface area contributed by atoms with Crippen LogP contribution in [0.3, 0.4) is 0 Å². The Morgan fingerprint density at radius 1 is 1.44 bits per heavy atom. The maximum atomic E-state index is 5.54. The van der Waals surface area contributed by atoms with E-state index in [1.54, 1.807) is 17.5 Å². The SMILES string of the molecule is NC(=S)c1cc(NCCc2ccc(Br)s2)ccn1. The van der Waals surface area contributed by atoms with Gasteiger partial charge in [0.2, 0.25) is 0 Å². The molecule has 2 rings (SSSR count). The number of nitrogens with one attached hydrogen (secondary N) is 1. The first-order valence-electron chi connectivity index (χ1n) is 5.39. The van der Waals surface area contributed by atoms with Crippen molar-refractivity contribution in [1.29, 1.82) is 0 Å². The highest BCUT2D eigenvalue weighted by Gasteiger charge is 2.01. The van der Waals surface area contributed by atoms with Crippen LogP contribution < -0.4 is 11.1 Å². The molecule has 0 spiro atoms. The Morgan fingerprint density at radius 3 is 2.94 bits per heavy atom. The summed E-state index contributed by atoms with van der Waals surface area (Å²) in [4.78, 5) is 5.76. The van der Waals surface area contributed by atoms with E-state index in [2.05, 4.69) is 38.4 Å². The van der Waals surface area contributed by atoms with Crippen molar-refractivity contribution in [2.24, 2.45) is 5.73 Å². The quantitative estimate of drug-likeness (QED) is 0.820. The van der Waals surface area contributed by atoms with Crippen molar-refractivity contribution in [2.75, 3.05) is 11.9 Å². The van der Waals surface area contributed by atoms with Gasteiger partial charge in [-0.1, -0.05) is 12.2 Å². The molecule has 0 aliphatic rings. The van der Waals surface area contributed by atoms with Crippen LogP contribution in [0.2, 0.25) is 0 Å². The molecule has 0 amide bonds. The summed E-state index contributed by atoms with van der Waals surface area (Å²) in [6.07, 6.45) is 2.69. The van der Waals surface area contributed by atoms with E-state index in [9.17, 15) is 0 Å². The number of halogens is 1. The van der Waals surface area contributed by atoms with Gasteiger partial charge in [0.25, 0.3) is 0 Å². The van der Waals surface area contributed by atoms with Gasteiger partial charge in [-0.3, -0.25) is 4.98 Å². The van der Waals surface area contributed by atoms with E-state index in [-0.39, 0.29) is 0 Å². The van der Waals surface area contributed by atoms with E-state index in [1.165, 1.54) is 4.88 Å². The van der Waals surface area contributed by atoms with Gasteiger partial charge < -0.3 is 11.1 Å². The van der Waals surface area contributed by atoms with Crippen LogP contribution in [0.1, 0.15) is 10.6 Å². The van der Waals surface area contributed by atoms with Gasteiger partial charge in [-0.05, 0) is 46.6 Å². The van der Waals surface area contributed by atoms with Crippen molar-refractivity contribution in [1.82, 2.24) is 4.98 Å². The summed E-state index contributed by atoms with van der Waals surface area (Å²) in [5.41, 5.74) is 7.18. The molecule has 0 aliphatic heterocycles. The lowest BCUT2D eigenvalue weighted by molar-refractivity contribution is 1.04. The number of nitrogens with two attached hydrogens (primary N) is 1. The van der Waals surface area contributed by atoms with Gasteiger partial charge in [-0.15, -0.1) is 11.3 Å². The summed E-state index contributed by atoms with van der Waals surface area (Å²) in [5.74, 6) is 0. The fourth-order valence-corrected chi connectivity index (χ4v) is 3.09. The zero-order chi connectivity index (χ0) is 13.0. The van der Waals surface area contributed by atoms with Gasteiger partial charge in [0, 0.05) is 23.3 Å². The number of thiophene rings is 1. The third kappa shape index (κ3) is 3.76. The third-order valence-corrected chi connectivity index (χ3v) is 4.23. The Kier molecular flexibility index (Phi) is 4.68. The molecule has 0 bridgehead atoms. The van der Waals surface area contributed by atoms with Crippen LogP contribution in [0, 0.1) is 0 Å². The third-order valence-electron chi connectivity index (χ3n) is 2.34. The summed E-state index contributed by atoms with van der Waals surface area (Å²) in [7, 11) is 0. The van der Waals surface area contributed by atoms with Crippen molar-refractivity contribution in [3.8, 4) is 0 Å². The molecule has 0 saturated heterocycles. The first-order valence-corrected chi connectivity index (χ1v) is 7.41. The smallest absolute Gasteiger partial charge is 0.122 e. The minimum Gasteiger partial charge on any atom is -0.388 e. The maximum absolute atomic E-state index is 5.54. The van der Waals surface area contributed by atoms with Gasteiger partial charge >= 0.3 is 0 Å². The average Bonchev–Trinajstić information content (AvgIpc) is 2.75. The number of rotatable bonds is 5.